The Bertz CT molecular complexity index is 844. The molecule has 0 nitrogen and oxygen atoms in total. The molecule has 0 atom stereocenters. The predicted molar refractivity (Wildman–Crippen MR) is 162 cm³/mol. The molecule has 0 saturated heterocycles. The zero-order chi connectivity index (χ0) is 25.7. The Morgan fingerprint density at radius 1 is 0.459 bits per heavy atom. The van der Waals surface area contributed by atoms with Crippen LogP contribution in [-0.2, 0) is 19.3 Å². The molecule has 204 valence electrons. The molecule has 4 rings (SSSR count). The minimum absolute atomic E-state index is 0.806. The lowest BCUT2D eigenvalue weighted by Crippen LogP contribution is -2.15. The van der Waals surface area contributed by atoms with Crippen molar-refractivity contribution in [3.8, 4) is 0 Å². The minimum Gasteiger partial charge on any atom is -0.0654 e. The summed E-state index contributed by atoms with van der Waals surface area (Å²) in [5.74, 6) is 3.82. The van der Waals surface area contributed by atoms with E-state index in [2.05, 4.69) is 62.4 Å². The zero-order valence-corrected chi connectivity index (χ0v) is 24.4. The van der Waals surface area contributed by atoms with Gasteiger partial charge in [0.25, 0.3) is 0 Å². The molecule has 0 spiro atoms. The molecular formula is C37H56. The highest BCUT2D eigenvalue weighted by Gasteiger charge is 2.22. The number of hydrogen-bond donors (Lipinski definition) is 0. The first kappa shape index (κ1) is 28.4. The Hall–Kier alpha value is -1.56. The summed E-state index contributed by atoms with van der Waals surface area (Å²) < 4.78 is 0. The Morgan fingerprint density at radius 2 is 0.892 bits per heavy atom. The van der Waals surface area contributed by atoms with Crippen molar-refractivity contribution in [2.45, 2.75) is 142 Å². The molecule has 0 amide bonds. The lowest BCUT2D eigenvalue weighted by Gasteiger charge is -2.29. The van der Waals surface area contributed by atoms with Crippen molar-refractivity contribution in [1.82, 2.24) is 0 Å². The molecule has 2 aliphatic carbocycles. The zero-order valence-electron chi connectivity index (χ0n) is 24.4. The van der Waals surface area contributed by atoms with Gasteiger partial charge in [-0.3, -0.25) is 0 Å². The summed E-state index contributed by atoms with van der Waals surface area (Å²) in [7, 11) is 0. The maximum absolute atomic E-state index is 2.44. The molecule has 37 heavy (non-hydrogen) atoms. The molecule has 0 unspecified atom stereocenters. The van der Waals surface area contributed by atoms with Crippen molar-refractivity contribution < 1.29 is 0 Å². The summed E-state index contributed by atoms with van der Waals surface area (Å²) >= 11 is 0. The van der Waals surface area contributed by atoms with Gasteiger partial charge >= 0.3 is 0 Å². The third-order valence-electron chi connectivity index (χ3n) is 10.0. The van der Waals surface area contributed by atoms with E-state index >= 15 is 0 Å². The predicted octanol–water partition coefficient (Wildman–Crippen LogP) is 11.3. The fourth-order valence-electron chi connectivity index (χ4n) is 7.26. The summed E-state index contributed by atoms with van der Waals surface area (Å²) in [5.41, 5.74) is 6.12. The molecule has 2 aromatic rings. The molecule has 0 aromatic heterocycles. The van der Waals surface area contributed by atoms with Crippen molar-refractivity contribution in [3.63, 3.8) is 0 Å². The number of rotatable bonds is 14. The summed E-state index contributed by atoms with van der Waals surface area (Å²) in [6, 6.07) is 19.3. The van der Waals surface area contributed by atoms with Crippen molar-refractivity contribution in [3.05, 3.63) is 70.8 Å². The van der Waals surface area contributed by atoms with E-state index < -0.39 is 0 Å². The molecule has 0 N–H and O–H groups in total. The van der Waals surface area contributed by atoms with Gasteiger partial charge in [-0.15, -0.1) is 0 Å². The maximum atomic E-state index is 2.44. The van der Waals surface area contributed by atoms with Crippen LogP contribution < -0.4 is 0 Å². The first-order valence-corrected chi connectivity index (χ1v) is 16.4. The van der Waals surface area contributed by atoms with E-state index in [9.17, 15) is 0 Å². The van der Waals surface area contributed by atoms with Crippen LogP contribution >= 0.6 is 0 Å². The summed E-state index contributed by atoms with van der Waals surface area (Å²) in [6.45, 7) is 4.65. The van der Waals surface area contributed by atoms with Crippen LogP contribution in [0.2, 0.25) is 0 Å². The van der Waals surface area contributed by atoms with Gasteiger partial charge in [0.05, 0.1) is 0 Å². The normalized spacial score (nSPS) is 24.3. The van der Waals surface area contributed by atoms with E-state index in [1.807, 2.05) is 0 Å². The average Bonchev–Trinajstić information content (AvgIpc) is 2.96. The molecule has 0 aliphatic heterocycles. The van der Waals surface area contributed by atoms with Gasteiger partial charge in [-0.1, -0.05) is 133 Å². The number of aryl methyl sites for hydroxylation is 3. The van der Waals surface area contributed by atoms with Crippen LogP contribution in [0.3, 0.4) is 0 Å². The lowest BCUT2D eigenvalue weighted by molar-refractivity contribution is 0.250. The maximum Gasteiger partial charge on any atom is -0.0162 e. The van der Waals surface area contributed by atoms with E-state index in [1.54, 1.807) is 11.1 Å². The second-order valence-electron chi connectivity index (χ2n) is 12.8. The van der Waals surface area contributed by atoms with Gasteiger partial charge in [-0.2, -0.15) is 0 Å². The molecule has 2 aromatic carbocycles. The van der Waals surface area contributed by atoms with Crippen LogP contribution in [0.4, 0.5) is 0 Å². The standard InChI is InChI=1S/C37H56/c1-3-5-7-9-31-22-26-36(27-23-31)37-28-24-35(25-29-37)21-20-34-18-16-33(17-19-34)15-14-32-12-10-30(11-13-32)8-6-4-2/h16-19,24-25,28-32,36H,3-15,20-23,26-27H2,1-2H3/t30-,31-,32-,36-. The van der Waals surface area contributed by atoms with Crippen LogP contribution in [-0.4, -0.2) is 0 Å². The summed E-state index contributed by atoms with van der Waals surface area (Å²) in [4.78, 5) is 0. The topological polar surface area (TPSA) is 0 Å². The second kappa shape index (κ2) is 15.8. The van der Waals surface area contributed by atoms with E-state index in [4.69, 9.17) is 0 Å². The lowest BCUT2D eigenvalue weighted by atomic mass is 9.77. The van der Waals surface area contributed by atoms with E-state index in [0.29, 0.717) is 0 Å². The van der Waals surface area contributed by atoms with Gasteiger partial charge in [0.15, 0.2) is 0 Å². The highest BCUT2D eigenvalue weighted by Crippen LogP contribution is 2.38. The number of benzene rings is 2. The molecule has 2 saturated carbocycles. The van der Waals surface area contributed by atoms with Crippen LogP contribution in [0, 0.1) is 17.8 Å². The fourth-order valence-corrected chi connectivity index (χ4v) is 7.26. The third kappa shape index (κ3) is 9.60. The highest BCUT2D eigenvalue weighted by molar-refractivity contribution is 5.28. The quantitative estimate of drug-likeness (QED) is 0.226. The molecule has 2 fully saturated rings. The van der Waals surface area contributed by atoms with Gasteiger partial charge in [-0.25, -0.2) is 0 Å². The first-order chi connectivity index (χ1) is 18.2. The van der Waals surface area contributed by atoms with Crippen molar-refractivity contribution in [1.29, 1.82) is 0 Å². The van der Waals surface area contributed by atoms with Gasteiger partial charge in [0, 0.05) is 0 Å². The van der Waals surface area contributed by atoms with Crippen LogP contribution in [0.15, 0.2) is 48.5 Å². The molecular weight excluding hydrogens is 444 g/mol. The van der Waals surface area contributed by atoms with Gasteiger partial charge < -0.3 is 0 Å². The van der Waals surface area contributed by atoms with E-state index in [1.165, 1.54) is 120 Å². The highest BCUT2D eigenvalue weighted by atomic mass is 14.3. The number of hydrogen-bond acceptors (Lipinski definition) is 0. The molecule has 0 heteroatoms. The molecule has 0 heterocycles. The Labute approximate surface area is 230 Å². The molecule has 0 bridgehead atoms. The smallest absolute Gasteiger partial charge is 0.0162 e. The second-order valence-corrected chi connectivity index (χ2v) is 12.8. The van der Waals surface area contributed by atoms with E-state index in [0.717, 1.165) is 36.5 Å². The summed E-state index contributed by atoms with van der Waals surface area (Å²) in [6.07, 6.45) is 26.6. The van der Waals surface area contributed by atoms with Crippen LogP contribution in [0.1, 0.15) is 145 Å². The van der Waals surface area contributed by atoms with Gasteiger partial charge in [0.2, 0.25) is 0 Å². The SMILES string of the molecule is CCCCC[C@H]1CC[C@H](c2ccc(CCc3ccc(CC[C@H]4CC[C@H](CCCC)CC4)cc3)cc2)CC1. The van der Waals surface area contributed by atoms with Crippen molar-refractivity contribution in [2.75, 3.05) is 0 Å². The average molecular weight is 501 g/mol. The summed E-state index contributed by atoms with van der Waals surface area (Å²) in [5, 5.41) is 0. The minimum atomic E-state index is 0.806. The van der Waals surface area contributed by atoms with Crippen LogP contribution in [0.5, 0.6) is 0 Å². The Kier molecular flexibility index (Phi) is 12.1. The van der Waals surface area contributed by atoms with Crippen molar-refractivity contribution in [2.24, 2.45) is 17.8 Å². The molecule has 0 radical (unpaired) electrons. The third-order valence-corrected chi connectivity index (χ3v) is 10.0. The molecule has 2 aliphatic rings. The Morgan fingerprint density at radius 3 is 1.43 bits per heavy atom. The largest absolute Gasteiger partial charge is 0.0654 e. The van der Waals surface area contributed by atoms with Gasteiger partial charge in [-0.05, 0) is 97.3 Å². The first-order valence-electron chi connectivity index (χ1n) is 16.4. The number of unbranched alkanes of at least 4 members (excludes halogenated alkanes) is 3. The van der Waals surface area contributed by atoms with Crippen molar-refractivity contribution >= 4 is 0 Å². The van der Waals surface area contributed by atoms with E-state index in [-0.39, 0.29) is 0 Å². The monoisotopic (exact) mass is 500 g/mol. The van der Waals surface area contributed by atoms with Gasteiger partial charge in [0.1, 0.15) is 0 Å². The Balaban J connectivity index is 1.13. The fraction of sp³-hybridized carbons (Fsp3) is 0.676. The van der Waals surface area contributed by atoms with Crippen LogP contribution in [0.25, 0.3) is 0 Å².